The summed E-state index contributed by atoms with van der Waals surface area (Å²) in [5.41, 5.74) is 6.56. The first-order valence-electron chi connectivity index (χ1n) is 11.3. The van der Waals surface area contributed by atoms with Gasteiger partial charge < -0.3 is 5.32 Å². The first-order valence-corrected chi connectivity index (χ1v) is 11.3. The van der Waals surface area contributed by atoms with Gasteiger partial charge in [-0.25, -0.2) is 0 Å². The largest absolute Gasteiger partial charge is 0.349 e. The number of carbonyl (C=O) groups excluding carboxylic acids is 1. The molecule has 0 fully saturated rings. The smallest absolute Gasteiger partial charge is 0.221 e. The molecule has 3 aromatic carbocycles. The van der Waals surface area contributed by atoms with Gasteiger partial charge in [0.1, 0.15) is 0 Å². The molecule has 0 spiro atoms. The molecule has 4 rings (SSSR count). The van der Waals surface area contributed by atoms with Crippen LogP contribution in [-0.4, -0.2) is 5.91 Å². The van der Waals surface area contributed by atoms with Crippen molar-refractivity contribution >= 4 is 5.91 Å². The van der Waals surface area contributed by atoms with E-state index in [2.05, 4.69) is 54.7 Å². The molecule has 2 heteroatoms. The Morgan fingerprint density at radius 2 is 1.40 bits per heavy atom. The average Bonchev–Trinajstić information content (AvgIpc) is 2.82. The molecular weight excluding hydrogens is 366 g/mol. The van der Waals surface area contributed by atoms with Crippen LogP contribution in [-0.2, 0) is 17.6 Å². The third kappa shape index (κ3) is 4.81. The van der Waals surface area contributed by atoms with Gasteiger partial charge in [0, 0.05) is 12.3 Å². The monoisotopic (exact) mass is 397 g/mol. The van der Waals surface area contributed by atoms with E-state index in [9.17, 15) is 4.79 Å². The van der Waals surface area contributed by atoms with Crippen LogP contribution < -0.4 is 5.32 Å². The number of amides is 1. The van der Waals surface area contributed by atoms with E-state index in [-0.39, 0.29) is 17.9 Å². The van der Waals surface area contributed by atoms with Crippen molar-refractivity contribution in [2.75, 3.05) is 0 Å². The molecule has 3 aromatic rings. The van der Waals surface area contributed by atoms with Gasteiger partial charge in [-0.05, 0) is 59.9 Å². The van der Waals surface area contributed by atoms with E-state index in [1.807, 2.05) is 36.4 Å². The van der Waals surface area contributed by atoms with Crippen molar-refractivity contribution in [3.05, 3.63) is 107 Å². The van der Waals surface area contributed by atoms with E-state index in [1.54, 1.807) is 0 Å². The maximum atomic E-state index is 13.1. The van der Waals surface area contributed by atoms with Gasteiger partial charge in [0.05, 0.1) is 6.04 Å². The molecule has 2 nitrogen and oxygen atoms in total. The van der Waals surface area contributed by atoms with Crippen LogP contribution in [0.4, 0.5) is 0 Å². The van der Waals surface area contributed by atoms with E-state index in [1.165, 1.54) is 47.1 Å². The van der Waals surface area contributed by atoms with Crippen LogP contribution in [0.5, 0.6) is 0 Å². The zero-order valence-electron chi connectivity index (χ0n) is 17.8. The Balaban J connectivity index is 1.51. The zero-order valence-corrected chi connectivity index (χ0v) is 17.8. The minimum atomic E-state index is 0.0634. The van der Waals surface area contributed by atoms with Crippen LogP contribution in [0.25, 0.3) is 0 Å². The highest BCUT2D eigenvalue weighted by molar-refractivity contribution is 5.78. The Bertz CT molecular complexity index is 925. The summed E-state index contributed by atoms with van der Waals surface area (Å²) in [7, 11) is 0. The standard InChI is InChI=1S/C28H31NO/c1-2-27(25-18-17-21-11-9-10-16-24(21)19-25)29-28(30)20-26(22-12-5-3-6-13-22)23-14-7-4-8-15-23/h3-8,12-15,17-19,26-27H,2,9-11,16,20H2,1H3,(H,29,30)/t27-/m1/s1. The number of hydrogen-bond acceptors (Lipinski definition) is 1. The summed E-state index contributed by atoms with van der Waals surface area (Å²) in [4.78, 5) is 13.1. The summed E-state index contributed by atoms with van der Waals surface area (Å²) in [5.74, 6) is 0.172. The Morgan fingerprint density at radius 3 is 2.00 bits per heavy atom. The Kier molecular flexibility index (Phi) is 6.63. The molecule has 0 aromatic heterocycles. The molecule has 0 unspecified atom stereocenters. The highest BCUT2D eigenvalue weighted by Crippen LogP contribution is 2.29. The average molecular weight is 398 g/mol. The summed E-state index contributed by atoms with van der Waals surface area (Å²) < 4.78 is 0. The molecular formula is C28H31NO. The molecule has 154 valence electrons. The van der Waals surface area contributed by atoms with Crippen molar-refractivity contribution in [3.8, 4) is 0 Å². The number of aryl methyl sites for hydroxylation is 2. The van der Waals surface area contributed by atoms with Crippen molar-refractivity contribution in [2.24, 2.45) is 0 Å². The topological polar surface area (TPSA) is 29.1 Å². The van der Waals surface area contributed by atoms with Crippen LogP contribution in [0, 0.1) is 0 Å². The second kappa shape index (κ2) is 9.75. The number of nitrogens with one attached hydrogen (secondary N) is 1. The molecule has 1 N–H and O–H groups in total. The predicted molar refractivity (Wildman–Crippen MR) is 124 cm³/mol. The van der Waals surface area contributed by atoms with Crippen LogP contribution >= 0.6 is 0 Å². The lowest BCUT2D eigenvalue weighted by molar-refractivity contribution is -0.122. The molecule has 0 saturated heterocycles. The molecule has 1 aliphatic carbocycles. The summed E-state index contributed by atoms with van der Waals surface area (Å²) in [5, 5.41) is 3.32. The van der Waals surface area contributed by atoms with Gasteiger partial charge in [0.2, 0.25) is 5.91 Å². The summed E-state index contributed by atoms with van der Waals surface area (Å²) in [6, 6.07) is 27.6. The van der Waals surface area contributed by atoms with Gasteiger partial charge in [0.15, 0.2) is 0 Å². The lowest BCUT2D eigenvalue weighted by Crippen LogP contribution is -2.29. The Labute approximate surface area is 180 Å². The maximum absolute atomic E-state index is 13.1. The normalized spacial score (nSPS) is 14.2. The second-order valence-corrected chi connectivity index (χ2v) is 8.34. The van der Waals surface area contributed by atoms with Gasteiger partial charge in [-0.15, -0.1) is 0 Å². The van der Waals surface area contributed by atoms with Crippen molar-refractivity contribution in [1.82, 2.24) is 5.32 Å². The van der Waals surface area contributed by atoms with E-state index in [0.29, 0.717) is 6.42 Å². The van der Waals surface area contributed by atoms with Crippen LogP contribution in [0.3, 0.4) is 0 Å². The minimum Gasteiger partial charge on any atom is -0.349 e. The number of hydrogen-bond donors (Lipinski definition) is 1. The van der Waals surface area contributed by atoms with E-state index in [4.69, 9.17) is 0 Å². The molecule has 0 aliphatic heterocycles. The van der Waals surface area contributed by atoms with Crippen molar-refractivity contribution in [2.45, 2.75) is 57.4 Å². The Hall–Kier alpha value is -2.87. The lowest BCUT2D eigenvalue weighted by Gasteiger charge is -2.23. The fraction of sp³-hybridized carbons (Fsp3) is 0.321. The third-order valence-electron chi connectivity index (χ3n) is 6.31. The zero-order chi connectivity index (χ0) is 20.8. The van der Waals surface area contributed by atoms with Gasteiger partial charge in [0.25, 0.3) is 0 Å². The highest BCUT2D eigenvalue weighted by Gasteiger charge is 2.21. The molecule has 0 bridgehead atoms. The minimum absolute atomic E-state index is 0.0634. The molecule has 0 heterocycles. The van der Waals surface area contributed by atoms with Crippen LogP contribution in [0.1, 0.15) is 72.4 Å². The first kappa shape index (κ1) is 20.4. The van der Waals surface area contributed by atoms with Crippen LogP contribution in [0.2, 0.25) is 0 Å². The number of benzene rings is 3. The quantitative estimate of drug-likeness (QED) is 0.494. The van der Waals surface area contributed by atoms with Gasteiger partial charge in [-0.2, -0.15) is 0 Å². The fourth-order valence-electron chi connectivity index (χ4n) is 4.63. The van der Waals surface area contributed by atoms with Crippen molar-refractivity contribution in [3.63, 3.8) is 0 Å². The van der Waals surface area contributed by atoms with E-state index >= 15 is 0 Å². The van der Waals surface area contributed by atoms with Gasteiger partial charge in [-0.1, -0.05) is 85.8 Å². The molecule has 0 saturated carbocycles. The molecule has 30 heavy (non-hydrogen) atoms. The van der Waals surface area contributed by atoms with Crippen LogP contribution in [0.15, 0.2) is 78.9 Å². The SMILES string of the molecule is CC[C@@H](NC(=O)CC(c1ccccc1)c1ccccc1)c1ccc2c(c1)CCCC2. The van der Waals surface area contributed by atoms with Gasteiger partial charge >= 0.3 is 0 Å². The molecule has 1 atom stereocenters. The maximum Gasteiger partial charge on any atom is 0.221 e. The number of fused-ring (bicyclic) bond motifs is 1. The molecule has 1 aliphatic rings. The second-order valence-electron chi connectivity index (χ2n) is 8.34. The van der Waals surface area contributed by atoms with Gasteiger partial charge in [-0.3, -0.25) is 4.79 Å². The molecule has 1 amide bonds. The van der Waals surface area contributed by atoms with E-state index in [0.717, 1.165) is 12.8 Å². The summed E-state index contributed by atoms with van der Waals surface area (Å²) in [6.45, 7) is 2.15. The lowest BCUT2D eigenvalue weighted by atomic mass is 9.87. The number of rotatable bonds is 7. The summed E-state index contributed by atoms with van der Waals surface area (Å²) >= 11 is 0. The third-order valence-corrected chi connectivity index (χ3v) is 6.31. The van der Waals surface area contributed by atoms with Crippen molar-refractivity contribution < 1.29 is 4.79 Å². The first-order chi connectivity index (χ1) is 14.7. The Morgan fingerprint density at radius 1 is 0.800 bits per heavy atom. The predicted octanol–water partition coefficient (Wildman–Crippen LogP) is 6.35. The fourth-order valence-corrected chi connectivity index (χ4v) is 4.63. The van der Waals surface area contributed by atoms with Crippen molar-refractivity contribution in [1.29, 1.82) is 0 Å². The van der Waals surface area contributed by atoms with E-state index < -0.39 is 0 Å². The molecule has 0 radical (unpaired) electrons. The number of carbonyl (C=O) groups is 1. The summed E-state index contributed by atoms with van der Waals surface area (Å²) in [6.07, 6.45) is 6.27. The highest BCUT2D eigenvalue weighted by atomic mass is 16.1.